The normalized spacial score (nSPS) is 11.3. The summed E-state index contributed by atoms with van der Waals surface area (Å²) < 4.78 is 4.46. The molecule has 10 heteroatoms. The SMILES string of the molecule is COC(=O)NC(=[NH2+])c1cnc(NC(=O)N[C@H](C)c2ccc(Cl)c(C)c2)cc1N. The first-order valence-corrected chi connectivity index (χ1v) is 8.66. The van der Waals surface area contributed by atoms with E-state index in [4.69, 9.17) is 22.7 Å². The molecule has 0 saturated carbocycles. The van der Waals surface area contributed by atoms with Crippen LogP contribution in [0.2, 0.25) is 5.02 Å². The van der Waals surface area contributed by atoms with Crippen LogP contribution in [0.5, 0.6) is 0 Å². The average molecular weight is 406 g/mol. The number of hydrogen-bond acceptors (Lipinski definition) is 5. The van der Waals surface area contributed by atoms with E-state index in [1.54, 1.807) is 6.07 Å². The zero-order chi connectivity index (χ0) is 20.8. The van der Waals surface area contributed by atoms with Gasteiger partial charge in [-0.25, -0.2) is 9.78 Å². The van der Waals surface area contributed by atoms with E-state index in [-0.39, 0.29) is 23.4 Å². The van der Waals surface area contributed by atoms with Gasteiger partial charge < -0.3 is 15.8 Å². The number of urea groups is 1. The molecule has 0 radical (unpaired) electrons. The molecule has 0 unspecified atom stereocenters. The van der Waals surface area contributed by atoms with Crippen LogP contribution in [0.25, 0.3) is 0 Å². The van der Waals surface area contributed by atoms with Crippen LogP contribution in [0.3, 0.4) is 0 Å². The number of carbonyl (C=O) groups excluding carboxylic acids is 2. The summed E-state index contributed by atoms with van der Waals surface area (Å²) in [6.45, 7) is 3.74. The Morgan fingerprint density at radius 3 is 2.64 bits per heavy atom. The van der Waals surface area contributed by atoms with Crippen LogP contribution < -0.4 is 27.1 Å². The summed E-state index contributed by atoms with van der Waals surface area (Å²) in [6, 6.07) is 6.26. The topological polar surface area (TPSA) is 144 Å². The van der Waals surface area contributed by atoms with Crippen molar-refractivity contribution < 1.29 is 19.7 Å². The quantitative estimate of drug-likeness (QED) is 0.385. The Balaban J connectivity index is 2.01. The van der Waals surface area contributed by atoms with Gasteiger partial charge in [0.15, 0.2) is 0 Å². The molecule has 1 aromatic heterocycles. The lowest BCUT2D eigenvalue weighted by Crippen LogP contribution is -2.51. The second-order valence-electron chi connectivity index (χ2n) is 6.02. The van der Waals surface area contributed by atoms with E-state index in [0.29, 0.717) is 10.6 Å². The minimum atomic E-state index is -0.732. The number of methoxy groups -OCH3 is 1. The first kappa shape index (κ1) is 21.0. The van der Waals surface area contributed by atoms with Gasteiger partial charge in [0.05, 0.1) is 18.8 Å². The molecule has 0 bridgehead atoms. The number of aromatic nitrogens is 1. The molecule has 3 amide bonds. The molecule has 0 aliphatic heterocycles. The predicted molar refractivity (Wildman–Crippen MR) is 107 cm³/mol. The minimum absolute atomic E-state index is 0.0143. The van der Waals surface area contributed by atoms with Crippen molar-refractivity contribution in [3.63, 3.8) is 0 Å². The smallest absolute Gasteiger partial charge is 0.435 e. The highest BCUT2D eigenvalue weighted by Crippen LogP contribution is 2.21. The van der Waals surface area contributed by atoms with Crippen molar-refractivity contribution in [3.05, 3.63) is 52.2 Å². The lowest BCUT2D eigenvalue weighted by molar-refractivity contribution is -0.116. The first-order valence-electron chi connectivity index (χ1n) is 8.28. The molecule has 1 aromatic carbocycles. The predicted octanol–water partition coefficient (Wildman–Crippen LogP) is 1.37. The fourth-order valence-corrected chi connectivity index (χ4v) is 2.48. The number of ether oxygens (including phenoxy) is 1. The molecule has 7 N–H and O–H groups in total. The largest absolute Gasteiger partial charge is 0.504 e. The third-order valence-corrected chi connectivity index (χ3v) is 4.34. The van der Waals surface area contributed by atoms with Crippen molar-refractivity contribution in [1.82, 2.24) is 15.6 Å². The van der Waals surface area contributed by atoms with E-state index >= 15 is 0 Å². The molecule has 0 fully saturated rings. The number of halogens is 1. The van der Waals surface area contributed by atoms with Crippen LogP contribution in [-0.4, -0.2) is 30.1 Å². The van der Waals surface area contributed by atoms with E-state index in [1.165, 1.54) is 19.4 Å². The van der Waals surface area contributed by atoms with Gasteiger partial charge >= 0.3 is 12.1 Å². The van der Waals surface area contributed by atoms with Crippen molar-refractivity contribution in [1.29, 1.82) is 0 Å². The van der Waals surface area contributed by atoms with Crippen LogP contribution in [-0.2, 0) is 4.74 Å². The minimum Gasteiger partial charge on any atom is -0.435 e. The molecule has 148 valence electrons. The molecule has 0 spiro atoms. The van der Waals surface area contributed by atoms with E-state index in [0.717, 1.165) is 11.1 Å². The van der Waals surface area contributed by atoms with E-state index in [9.17, 15) is 9.59 Å². The lowest BCUT2D eigenvalue weighted by Gasteiger charge is -2.16. The van der Waals surface area contributed by atoms with E-state index in [2.05, 4.69) is 25.7 Å². The number of nitrogen functional groups attached to an aromatic ring is 1. The molecule has 0 saturated heterocycles. The Morgan fingerprint density at radius 1 is 1.32 bits per heavy atom. The van der Waals surface area contributed by atoms with Crippen LogP contribution in [0.4, 0.5) is 21.1 Å². The molecule has 1 heterocycles. The number of alkyl carbamates (subject to hydrolysis) is 1. The summed E-state index contributed by atoms with van der Waals surface area (Å²) in [5.41, 5.74) is 8.29. The standard InChI is InChI=1S/C18H21ClN6O3/c1-9-6-11(4-5-13(9)19)10(2)23-17(26)24-15-7-14(20)12(8-22-15)16(21)25-18(27)28-3/h4-8,10H,1-3H3,(H2,21,25,27)(H4,20,22,23,24,26)/p+1/t10-/m1/s1. The number of pyridine rings is 1. The molecule has 0 aliphatic carbocycles. The summed E-state index contributed by atoms with van der Waals surface area (Å²) in [5, 5.41) is 14.1. The van der Waals surface area contributed by atoms with Crippen molar-refractivity contribution in [2.75, 3.05) is 18.2 Å². The summed E-state index contributed by atoms with van der Waals surface area (Å²) in [4.78, 5) is 27.5. The van der Waals surface area contributed by atoms with Gasteiger partial charge in [-0.1, -0.05) is 23.7 Å². The van der Waals surface area contributed by atoms with Gasteiger partial charge in [0.2, 0.25) is 0 Å². The Labute approximate surface area is 167 Å². The van der Waals surface area contributed by atoms with Crippen molar-refractivity contribution >= 4 is 41.1 Å². The summed E-state index contributed by atoms with van der Waals surface area (Å²) in [6.07, 6.45) is 0.604. The van der Waals surface area contributed by atoms with Gasteiger partial charge in [-0.3, -0.25) is 10.7 Å². The Hall–Kier alpha value is -3.33. The number of amidine groups is 1. The number of rotatable bonds is 4. The molecule has 0 aliphatic rings. The number of nitrogens with zero attached hydrogens (tertiary/aromatic N) is 1. The van der Waals surface area contributed by atoms with Crippen LogP contribution >= 0.6 is 11.6 Å². The second kappa shape index (κ2) is 9.05. The number of anilines is 2. The molecule has 28 heavy (non-hydrogen) atoms. The summed E-state index contributed by atoms with van der Waals surface area (Å²) in [7, 11) is 1.21. The molecule has 2 rings (SSSR count). The van der Waals surface area contributed by atoms with E-state index in [1.807, 2.05) is 26.0 Å². The lowest BCUT2D eigenvalue weighted by atomic mass is 10.1. The van der Waals surface area contributed by atoms with Gasteiger partial charge in [0, 0.05) is 17.3 Å². The number of carbonyl (C=O) groups is 2. The highest BCUT2D eigenvalue weighted by Gasteiger charge is 2.18. The number of amides is 3. The van der Waals surface area contributed by atoms with Crippen molar-refractivity contribution in [2.45, 2.75) is 19.9 Å². The van der Waals surface area contributed by atoms with E-state index < -0.39 is 12.1 Å². The third kappa shape index (κ3) is 5.34. The maximum atomic E-state index is 12.2. The first-order chi connectivity index (χ1) is 13.2. The highest BCUT2D eigenvalue weighted by molar-refractivity contribution is 6.31. The summed E-state index contributed by atoms with van der Waals surface area (Å²) >= 11 is 6.02. The van der Waals surface area contributed by atoms with Gasteiger partial charge in [-0.05, 0) is 31.0 Å². The highest BCUT2D eigenvalue weighted by atomic mass is 35.5. The van der Waals surface area contributed by atoms with Gasteiger partial charge in [0.25, 0.3) is 5.84 Å². The number of nitrogens with two attached hydrogens (primary N) is 2. The number of benzene rings is 1. The Bertz CT molecular complexity index is 918. The molecule has 9 nitrogen and oxygen atoms in total. The Morgan fingerprint density at radius 2 is 2.04 bits per heavy atom. The van der Waals surface area contributed by atoms with Crippen LogP contribution in [0.1, 0.15) is 29.7 Å². The maximum absolute atomic E-state index is 12.2. The number of nitrogens with one attached hydrogen (secondary N) is 3. The van der Waals surface area contributed by atoms with Gasteiger partial charge in [0.1, 0.15) is 11.4 Å². The molecular formula is C18H22ClN6O3+. The zero-order valence-electron chi connectivity index (χ0n) is 15.7. The maximum Gasteiger partial charge on any atom is 0.504 e. The van der Waals surface area contributed by atoms with Crippen molar-refractivity contribution in [2.24, 2.45) is 0 Å². The number of hydrogen-bond donors (Lipinski definition) is 5. The molecule has 1 atom stereocenters. The van der Waals surface area contributed by atoms with Crippen LogP contribution in [0, 0.1) is 6.92 Å². The monoisotopic (exact) mass is 405 g/mol. The zero-order valence-corrected chi connectivity index (χ0v) is 16.4. The third-order valence-electron chi connectivity index (χ3n) is 3.92. The fraction of sp³-hybridized carbons (Fsp3) is 0.222. The Kier molecular flexibility index (Phi) is 6.78. The molecular weight excluding hydrogens is 384 g/mol. The second-order valence-corrected chi connectivity index (χ2v) is 6.42. The van der Waals surface area contributed by atoms with Gasteiger partial charge in [-0.15, -0.1) is 0 Å². The molecule has 2 aromatic rings. The van der Waals surface area contributed by atoms with Crippen LogP contribution in [0.15, 0.2) is 30.5 Å². The summed E-state index contributed by atoms with van der Waals surface area (Å²) in [5.74, 6) is 0.212. The van der Waals surface area contributed by atoms with Gasteiger partial charge in [-0.2, -0.15) is 10.1 Å². The number of aryl methyl sites for hydroxylation is 1. The average Bonchev–Trinajstić information content (AvgIpc) is 2.63. The fourth-order valence-electron chi connectivity index (χ4n) is 2.36. The van der Waals surface area contributed by atoms with Crippen molar-refractivity contribution in [3.8, 4) is 0 Å².